The van der Waals surface area contributed by atoms with Crippen molar-refractivity contribution in [1.29, 1.82) is 0 Å². The van der Waals surface area contributed by atoms with Crippen LogP contribution in [0.2, 0.25) is 0 Å². The fraction of sp³-hybridized carbons (Fsp3) is 0.933. The molecule has 1 amide bonds. The smallest absolute Gasteiger partial charge is 0.250 e. The van der Waals surface area contributed by atoms with Crippen LogP contribution in [0.4, 0.5) is 8.78 Å². The highest BCUT2D eigenvalue weighted by atomic mass is 19.3. The minimum Gasteiger partial charge on any atom is -0.339 e. The van der Waals surface area contributed by atoms with Crippen molar-refractivity contribution in [3.05, 3.63) is 0 Å². The van der Waals surface area contributed by atoms with Crippen LogP contribution in [-0.4, -0.2) is 29.3 Å². The molecule has 1 saturated carbocycles. The van der Waals surface area contributed by atoms with Crippen molar-refractivity contribution >= 4 is 5.91 Å². The summed E-state index contributed by atoms with van der Waals surface area (Å²) in [6.07, 6.45) is 4.09. The number of nitrogens with zero attached hydrogens (tertiary/aromatic N) is 1. The minimum atomic E-state index is -2.61. The van der Waals surface area contributed by atoms with E-state index in [4.69, 9.17) is 0 Å². The molecule has 0 aromatic rings. The lowest BCUT2D eigenvalue weighted by Gasteiger charge is -2.37. The van der Waals surface area contributed by atoms with E-state index >= 15 is 0 Å². The van der Waals surface area contributed by atoms with E-state index < -0.39 is 5.92 Å². The predicted octanol–water partition coefficient (Wildman–Crippen LogP) is 3.85. The van der Waals surface area contributed by atoms with E-state index in [1.54, 1.807) is 4.90 Å². The molecular weight excluding hydrogens is 248 g/mol. The Morgan fingerprint density at radius 3 is 2.68 bits per heavy atom. The van der Waals surface area contributed by atoms with Crippen molar-refractivity contribution in [2.24, 2.45) is 11.8 Å². The van der Waals surface area contributed by atoms with Crippen molar-refractivity contribution in [2.45, 2.75) is 70.8 Å². The number of carbonyl (C=O) groups excluding carboxylic acids is 1. The second kappa shape index (κ2) is 5.76. The lowest BCUT2D eigenvalue weighted by Crippen LogP contribution is -2.48. The van der Waals surface area contributed by atoms with E-state index in [0.29, 0.717) is 6.54 Å². The van der Waals surface area contributed by atoms with E-state index in [0.717, 1.165) is 32.1 Å². The number of hydrogen-bond acceptors (Lipinski definition) is 1. The number of amides is 1. The summed E-state index contributed by atoms with van der Waals surface area (Å²) in [6, 6.07) is -0.248. The SMILES string of the molecule is CCC1CCC(N2CCCC(C)C2=O)CC(F)(F)C1. The van der Waals surface area contributed by atoms with Crippen LogP contribution in [-0.2, 0) is 4.79 Å². The highest BCUT2D eigenvalue weighted by Crippen LogP contribution is 2.39. The van der Waals surface area contributed by atoms with Gasteiger partial charge in [-0.15, -0.1) is 0 Å². The van der Waals surface area contributed by atoms with E-state index in [1.165, 1.54) is 0 Å². The van der Waals surface area contributed by atoms with Crippen molar-refractivity contribution in [3.63, 3.8) is 0 Å². The second-order valence-corrected chi connectivity index (χ2v) is 6.34. The van der Waals surface area contributed by atoms with E-state index in [-0.39, 0.29) is 36.6 Å². The molecule has 0 spiro atoms. The van der Waals surface area contributed by atoms with Crippen molar-refractivity contribution < 1.29 is 13.6 Å². The first kappa shape index (κ1) is 14.7. The monoisotopic (exact) mass is 273 g/mol. The summed E-state index contributed by atoms with van der Waals surface area (Å²) >= 11 is 0. The Hall–Kier alpha value is -0.670. The van der Waals surface area contributed by atoms with Crippen LogP contribution < -0.4 is 0 Å². The topological polar surface area (TPSA) is 20.3 Å². The molecule has 1 saturated heterocycles. The maximum absolute atomic E-state index is 14.0. The Labute approximate surface area is 114 Å². The molecule has 110 valence electrons. The van der Waals surface area contributed by atoms with E-state index in [9.17, 15) is 13.6 Å². The molecular formula is C15H25F2NO. The maximum atomic E-state index is 14.0. The molecule has 19 heavy (non-hydrogen) atoms. The Balaban J connectivity index is 2.09. The third kappa shape index (κ3) is 3.46. The van der Waals surface area contributed by atoms with Gasteiger partial charge in [0, 0.05) is 31.3 Å². The molecule has 2 rings (SSSR count). The molecule has 2 aliphatic rings. The van der Waals surface area contributed by atoms with Crippen LogP contribution in [0.25, 0.3) is 0 Å². The van der Waals surface area contributed by atoms with E-state index in [1.807, 2.05) is 13.8 Å². The van der Waals surface area contributed by atoms with Gasteiger partial charge >= 0.3 is 0 Å². The summed E-state index contributed by atoms with van der Waals surface area (Å²) in [4.78, 5) is 13.9. The second-order valence-electron chi connectivity index (χ2n) is 6.34. The van der Waals surface area contributed by atoms with Crippen LogP contribution in [0, 0.1) is 11.8 Å². The molecule has 1 aliphatic carbocycles. The Kier molecular flexibility index (Phi) is 4.46. The molecule has 0 N–H and O–H groups in total. The molecule has 0 bridgehead atoms. The summed E-state index contributed by atoms with van der Waals surface area (Å²) in [5, 5.41) is 0. The number of alkyl halides is 2. The Morgan fingerprint density at radius 1 is 1.26 bits per heavy atom. The van der Waals surface area contributed by atoms with Crippen molar-refractivity contribution in [2.75, 3.05) is 6.54 Å². The highest BCUT2D eigenvalue weighted by molar-refractivity contribution is 5.79. The van der Waals surface area contributed by atoms with Crippen LogP contribution in [0.15, 0.2) is 0 Å². The van der Waals surface area contributed by atoms with Gasteiger partial charge < -0.3 is 4.90 Å². The molecule has 4 heteroatoms. The molecule has 1 heterocycles. The summed E-state index contributed by atoms with van der Waals surface area (Å²) < 4.78 is 28.0. The van der Waals surface area contributed by atoms with Gasteiger partial charge in [-0.1, -0.05) is 20.3 Å². The van der Waals surface area contributed by atoms with Gasteiger partial charge in [0.1, 0.15) is 0 Å². The van der Waals surface area contributed by atoms with Gasteiger partial charge in [-0.25, -0.2) is 8.78 Å². The molecule has 3 unspecified atom stereocenters. The number of halogens is 2. The zero-order valence-electron chi connectivity index (χ0n) is 12.0. The van der Waals surface area contributed by atoms with Gasteiger partial charge in [0.05, 0.1) is 0 Å². The largest absolute Gasteiger partial charge is 0.339 e. The molecule has 1 aliphatic heterocycles. The fourth-order valence-electron chi connectivity index (χ4n) is 3.54. The molecule has 3 atom stereocenters. The van der Waals surface area contributed by atoms with E-state index in [2.05, 4.69) is 0 Å². The number of likely N-dealkylation sites (tertiary alicyclic amines) is 1. The lowest BCUT2D eigenvalue weighted by atomic mass is 9.95. The van der Waals surface area contributed by atoms with Crippen LogP contribution in [0.3, 0.4) is 0 Å². The molecule has 2 fully saturated rings. The zero-order chi connectivity index (χ0) is 14.0. The van der Waals surface area contributed by atoms with Crippen molar-refractivity contribution in [3.8, 4) is 0 Å². The van der Waals surface area contributed by atoms with Gasteiger partial charge in [-0.2, -0.15) is 0 Å². The first-order chi connectivity index (χ1) is 8.93. The van der Waals surface area contributed by atoms with Gasteiger partial charge in [0.25, 0.3) is 0 Å². The predicted molar refractivity (Wildman–Crippen MR) is 71.1 cm³/mol. The van der Waals surface area contributed by atoms with Gasteiger partial charge in [0.2, 0.25) is 11.8 Å². The highest BCUT2D eigenvalue weighted by Gasteiger charge is 2.42. The molecule has 0 aromatic carbocycles. The van der Waals surface area contributed by atoms with Crippen LogP contribution in [0.5, 0.6) is 0 Å². The minimum absolute atomic E-state index is 0.00240. The average Bonchev–Trinajstić information content (AvgIpc) is 2.50. The summed E-state index contributed by atoms with van der Waals surface area (Å²) in [5.74, 6) is -2.41. The molecule has 0 radical (unpaired) electrons. The zero-order valence-corrected chi connectivity index (χ0v) is 12.0. The molecule has 0 aromatic heterocycles. The lowest BCUT2D eigenvalue weighted by molar-refractivity contribution is -0.142. The number of rotatable bonds is 2. The third-order valence-corrected chi connectivity index (χ3v) is 4.79. The first-order valence-corrected chi connectivity index (χ1v) is 7.61. The standard InChI is InChI=1S/C15H25F2NO/c1-3-12-6-7-13(10-15(16,17)9-12)18-8-4-5-11(2)14(18)19/h11-13H,3-10H2,1-2H3. The average molecular weight is 273 g/mol. The third-order valence-electron chi connectivity index (χ3n) is 4.79. The Bertz CT molecular complexity index is 332. The quantitative estimate of drug-likeness (QED) is 0.700. The summed E-state index contributed by atoms with van der Waals surface area (Å²) in [6.45, 7) is 4.56. The van der Waals surface area contributed by atoms with Crippen LogP contribution >= 0.6 is 0 Å². The van der Waals surface area contributed by atoms with Crippen molar-refractivity contribution in [1.82, 2.24) is 4.90 Å². The maximum Gasteiger partial charge on any atom is 0.250 e. The number of piperidine rings is 1. The number of carbonyl (C=O) groups is 1. The van der Waals surface area contributed by atoms with Gasteiger partial charge in [-0.3, -0.25) is 4.79 Å². The normalized spacial score (nSPS) is 36.1. The molecule has 2 nitrogen and oxygen atoms in total. The fourth-order valence-corrected chi connectivity index (χ4v) is 3.54. The first-order valence-electron chi connectivity index (χ1n) is 7.61. The summed E-state index contributed by atoms with van der Waals surface area (Å²) in [7, 11) is 0. The van der Waals surface area contributed by atoms with Gasteiger partial charge in [0.15, 0.2) is 0 Å². The van der Waals surface area contributed by atoms with Gasteiger partial charge in [-0.05, 0) is 31.6 Å². The summed E-state index contributed by atoms with van der Waals surface area (Å²) in [5.41, 5.74) is 0. The Morgan fingerprint density at radius 2 is 2.00 bits per heavy atom. The number of hydrogen-bond donors (Lipinski definition) is 0. The van der Waals surface area contributed by atoms with Crippen LogP contribution in [0.1, 0.15) is 58.8 Å².